The minimum Gasteiger partial charge on any atom is -0.369 e. The largest absolute Gasteiger partial charge is 0.369 e. The molecule has 20 heavy (non-hydrogen) atoms. The zero-order valence-electron chi connectivity index (χ0n) is 10.7. The molecule has 10 heteroatoms. The normalized spacial score (nSPS) is 18.6. The average molecular weight is 281 g/mol. The molecule has 0 spiro atoms. The predicted molar refractivity (Wildman–Crippen MR) is 70.6 cm³/mol. The SMILES string of the molecule is NNc1ncnc(N2CCCC(C(N)=O)C2)c1[N+](=O)[O-]. The van der Waals surface area contributed by atoms with Gasteiger partial charge in [0.2, 0.25) is 17.5 Å². The van der Waals surface area contributed by atoms with Crippen molar-refractivity contribution >= 4 is 23.2 Å². The number of rotatable bonds is 4. The Morgan fingerprint density at radius 3 is 2.90 bits per heavy atom. The van der Waals surface area contributed by atoms with Crippen LogP contribution in [0, 0.1) is 16.0 Å². The highest BCUT2D eigenvalue weighted by atomic mass is 16.6. The molecule has 2 heterocycles. The van der Waals surface area contributed by atoms with E-state index in [9.17, 15) is 14.9 Å². The zero-order valence-corrected chi connectivity index (χ0v) is 10.7. The number of hydrogen-bond acceptors (Lipinski definition) is 8. The van der Waals surface area contributed by atoms with Crippen molar-refractivity contribution in [3.05, 3.63) is 16.4 Å². The van der Waals surface area contributed by atoms with Crippen molar-refractivity contribution in [2.24, 2.45) is 17.5 Å². The van der Waals surface area contributed by atoms with Gasteiger partial charge in [-0.15, -0.1) is 0 Å². The Bertz CT molecular complexity index is 536. The second-order valence-electron chi connectivity index (χ2n) is 4.48. The molecule has 10 nitrogen and oxygen atoms in total. The molecule has 1 aromatic rings. The van der Waals surface area contributed by atoms with E-state index in [-0.39, 0.29) is 23.2 Å². The number of aromatic nitrogens is 2. The van der Waals surface area contributed by atoms with E-state index < -0.39 is 10.8 Å². The number of hydrazine groups is 1. The third-order valence-corrected chi connectivity index (χ3v) is 3.25. The van der Waals surface area contributed by atoms with Crippen LogP contribution in [0.15, 0.2) is 6.33 Å². The smallest absolute Gasteiger partial charge is 0.354 e. The van der Waals surface area contributed by atoms with Crippen LogP contribution in [-0.2, 0) is 4.79 Å². The number of nitrogens with one attached hydrogen (secondary N) is 1. The minimum absolute atomic E-state index is 0.0683. The first-order chi connectivity index (χ1) is 9.54. The first kappa shape index (κ1) is 13.9. The molecule has 0 saturated carbocycles. The number of piperidine rings is 1. The molecule has 1 aromatic heterocycles. The fourth-order valence-electron chi connectivity index (χ4n) is 2.28. The summed E-state index contributed by atoms with van der Waals surface area (Å²) in [6, 6.07) is 0. The molecule has 1 aliphatic rings. The molecule has 5 N–H and O–H groups in total. The molecule has 0 radical (unpaired) electrons. The monoisotopic (exact) mass is 281 g/mol. The minimum atomic E-state index is -0.599. The van der Waals surface area contributed by atoms with Gasteiger partial charge < -0.3 is 16.1 Å². The number of nitrogens with zero attached hydrogens (tertiary/aromatic N) is 4. The van der Waals surface area contributed by atoms with Crippen LogP contribution in [0.5, 0.6) is 0 Å². The number of carbonyl (C=O) groups is 1. The maximum absolute atomic E-state index is 11.3. The van der Waals surface area contributed by atoms with Gasteiger partial charge in [-0.25, -0.2) is 15.8 Å². The van der Waals surface area contributed by atoms with Crippen molar-refractivity contribution in [1.82, 2.24) is 9.97 Å². The number of amides is 1. The fraction of sp³-hybridized carbons (Fsp3) is 0.500. The van der Waals surface area contributed by atoms with Crippen LogP contribution >= 0.6 is 0 Å². The van der Waals surface area contributed by atoms with Gasteiger partial charge in [-0.05, 0) is 12.8 Å². The summed E-state index contributed by atoms with van der Waals surface area (Å²) in [6.07, 6.45) is 2.57. The second-order valence-corrected chi connectivity index (χ2v) is 4.48. The zero-order chi connectivity index (χ0) is 14.7. The van der Waals surface area contributed by atoms with Crippen molar-refractivity contribution in [1.29, 1.82) is 0 Å². The van der Waals surface area contributed by atoms with E-state index in [2.05, 4.69) is 15.4 Å². The van der Waals surface area contributed by atoms with Crippen LogP contribution in [-0.4, -0.2) is 33.9 Å². The van der Waals surface area contributed by atoms with Gasteiger partial charge in [0.25, 0.3) is 0 Å². The van der Waals surface area contributed by atoms with E-state index in [0.29, 0.717) is 25.9 Å². The third kappa shape index (κ3) is 2.59. The quantitative estimate of drug-likeness (QED) is 0.374. The first-order valence-corrected chi connectivity index (χ1v) is 6.05. The highest BCUT2D eigenvalue weighted by molar-refractivity contribution is 5.78. The van der Waals surface area contributed by atoms with E-state index >= 15 is 0 Å². The summed E-state index contributed by atoms with van der Waals surface area (Å²) < 4.78 is 0. The Morgan fingerprint density at radius 2 is 2.30 bits per heavy atom. The van der Waals surface area contributed by atoms with Gasteiger partial charge in [0, 0.05) is 13.1 Å². The number of primary amides is 1. The van der Waals surface area contributed by atoms with E-state index in [1.807, 2.05) is 0 Å². The molecular weight excluding hydrogens is 266 g/mol. The van der Waals surface area contributed by atoms with Crippen LogP contribution < -0.4 is 21.9 Å². The summed E-state index contributed by atoms with van der Waals surface area (Å²) in [5.41, 5.74) is 7.17. The fourth-order valence-corrected chi connectivity index (χ4v) is 2.28. The average Bonchev–Trinajstić information content (AvgIpc) is 2.46. The van der Waals surface area contributed by atoms with Gasteiger partial charge in [-0.2, -0.15) is 0 Å². The number of anilines is 2. The highest BCUT2D eigenvalue weighted by Crippen LogP contribution is 2.33. The lowest BCUT2D eigenvalue weighted by Gasteiger charge is -2.31. The molecule has 0 aliphatic carbocycles. The molecular formula is C10H15N7O3. The van der Waals surface area contributed by atoms with Gasteiger partial charge in [0.15, 0.2) is 0 Å². The Kier molecular flexibility index (Phi) is 3.94. The third-order valence-electron chi connectivity index (χ3n) is 3.25. The molecule has 1 fully saturated rings. The van der Waals surface area contributed by atoms with Gasteiger partial charge in [0.05, 0.1) is 10.8 Å². The van der Waals surface area contributed by atoms with Gasteiger partial charge >= 0.3 is 5.69 Å². The van der Waals surface area contributed by atoms with Gasteiger partial charge in [-0.3, -0.25) is 14.9 Å². The maximum atomic E-state index is 11.3. The van der Waals surface area contributed by atoms with Crippen molar-refractivity contribution in [2.75, 3.05) is 23.4 Å². The molecule has 108 valence electrons. The van der Waals surface area contributed by atoms with E-state index in [1.165, 1.54) is 6.33 Å². The van der Waals surface area contributed by atoms with Crippen molar-refractivity contribution < 1.29 is 9.72 Å². The van der Waals surface area contributed by atoms with E-state index in [1.54, 1.807) is 4.90 Å². The molecule has 1 aliphatic heterocycles. The number of hydrogen-bond donors (Lipinski definition) is 3. The maximum Gasteiger partial charge on any atom is 0.354 e. The van der Waals surface area contributed by atoms with Gasteiger partial charge in [0.1, 0.15) is 6.33 Å². The second kappa shape index (κ2) is 5.65. The van der Waals surface area contributed by atoms with Crippen LogP contribution in [0.25, 0.3) is 0 Å². The number of nitro groups is 1. The summed E-state index contributed by atoms with van der Waals surface area (Å²) in [4.78, 5) is 31.2. The summed E-state index contributed by atoms with van der Waals surface area (Å²) in [5, 5.41) is 11.2. The summed E-state index contributed by atoms with van der Waals surface area (Å²) >= 11 is 0. The molecule has 0 bridgehead atoms. The Morgan fingerprint density at radius 1 is 1.55 bits per heavy atom. The first-order valence-electron chi connectivity index (χ1n) is 6.05. The van der Waals surface area contributed by atoms with Crippen molar-refractivity contribution in [2.45, 2.75) is 12.8 Å². The number of nitrogens with two attached hydrogens (primary N) is 2. The van der Waals surface area contributed by atoms with Crippen LogP contribution in [0.3, 0.4) is 0 Å². The summed E-state index contributed by atoms with van der Waals surface area (Å²) in [5.74, 6) is 4.55. The predicted octanol–water partition coefficient (Wildman–Crippen LogP) is -0.628. The Labute approximate surface area is 114 Å². The standard InChI is InChI=1S/C10H15N7O3/c11-8(18)6-2-1-3-16(4-6)10-7(17(19)20)9(15-12)13-5-14-10/h5-6H,1-4,12H2,(H2,11,18)(H,13,14,15). The van der Waals surface area contributed by atoms with Gasteiger partial charge in [-0.1, -0.05) is 0 Å². The molecule has 1 unspecified atom stereocenters. The van der Waals surface area contributed by atoms with E-state index in [0.717, 1.165) is 0 Å². The molecule has 1 atom stereocenters. The van der Waals surface area contributed by atoms with E-state index in [4.69, 9.17) is 11.6 Å². The number of carbonyl (C=O) groups excluding carboxylic acids is 1. The summed E-state index contributed by atoms with van der Waals surface area (Å²) in [7, 11) is 0. The topological polar surface area (TPSA) is 153 Å². The Hall–Kier alpha value is -2.49. The Balaban J connectivity index is 2.37. The van der Waals surface area contributed by atoms with Crippen molar-refractivity contribution in [3.63, 3.8) is 0 Å². The lowest BCUT2D eigenvalue weighted by Crippen LogP contribution is -2.41. The molecule has 0 aromatic carbocycles. The summed E-state index contributed by atoms with van der Waals surface area (Å²) in [6.45, 7) is 0.864. The number of nitrogen functional groups attached to an aromatic ring is 1. The lowest BCUT2D eigenvalue weighted by molar-refractivity contribution is -0.383. The van der Waals surface area contributed by atoms with Crippen molar-refractivity contribution in [3.8, 4) is 0 Å². The van der Waals surface area contributed by atoms with Crippen LogP contribution in [0.1, 0.15) is 12.8 Å². The molecule has 1 amide bonds. The van der Waals surface area contributed by atoms with Crippen LogP contribution in [0.2, 0.25) is 0 Å². The van der Waals surface area contributed by atoms with Crippen LogP contribution in [0.4, 0.5) is 17.3 Å². The molecule has 1 saturated heterocycles. The lowest BCUT2D eigenvalue weighted by atomic mass is 9.97. The highest BCUT2D eigenvalue weighted by Gasteiger charge is 2.31. The molecule has 2 rings (SSSR count).